The lowest BCUT2D eigenvalue weighted by molar-refractivity contribution is -0.157. The number of hydrogen-bond acceptors (Lipinski definition) is 4. The van der Waals surface area contributed by atoms with Gasteiger partial charge in [0.25, 0.3) is 0 Å². The number of carboxylic acid groups (broad SMARTS) is 1. The van der Waals surface area contributed by atoms with Gasteiger partial charge in [0.05, 0.1) is 24.0 Å². The van der Waals surface area contributed by atoms with Gasteiger partial charge in [-0.25, -0.2) is 0 Å². The van der Waals surface area contributed by atoms with Crippen molar-refractivity contribution in [3.05, 3.63) is 35.9 Å². The molecule has 3 aliphatic heterocycles. The Morgan fingerprint density at radius 3 is 2.68 bits per heavy atom. The van der Waals surface area contributed by atoms with E-state index < -0.39 is 17.3 Å². The molecule has 3 aliphatic rings. The summed E-state index contributed by atoms with van der Waals surface area (Å²) in [4.78, 5) is 41.1. The first-order valence-electron chi connectivity index (χ1n) is 9.87. The van der Waals surface area contributed by atoms with E-state index in [9.17, 15) is 19.5 Å². The maximum atomic E-state index is 13.1. The molecule has 0 aliphatic carbocycles. The molecular formula is C21H26N2O5. The van der Waals surface area contributed by atoms with Crippen molar-refractivity contribution in [3.63, 3.8) is 0 Å². The van der Waals surface area contributed by atoms with E-state index >= 15 is 0 Å². The van der Waals surface area contributed by atoms with Gasteiger partial charge in [0.15, 0.2) is 0 Å². The van der Waals surface area contributed by atoms with E-state index in [1.165, 1.54) is 0 Å². The van der Waals surface area contributed by atoms with Crippen LogP contribution in [0.4, 0.5) is 0 Å². The Morgan fingerprint density at radius 1 is 1.25 bits per heavy atom. The van der Waals surface area contributed by atoms with E-state index in [0.717, 1.165) is 5.56 Å². The Kier molecular flexibility index (Phi) is 4.87. The van der Waals surface area contributed by atoms with Crippen LogP contribution in [0.1, 0.15) is 31.4 Å². The number of carboxylic acids is 1. The van der Waals surface area contributed by atoms with Crippen molar-refractivity contribution in [2.24, 2.45) is 17.3 Å². The molecule has 1 aromatic carbocycles. The number of benzene rings is 1. The largest absolute Gasteiger partial charge is 0.481 e. The molecule has 4 rings (SSSR count). The summed E-state index contributed by atoms with van der Waals surface area (Å²) >= 11 is 0. The van der Waals surface area contributed by atoms with Crippen LogP contribution in [0.15, 0.2) is 30.3 Å². The van der Waals surface area contributed by atoms with Gasteiger partial charge >= 0.3 is 5.97 Å². The zero-order valence-electron chi connectivity index (χ0n) is 16.0. The minimum atomic E-state index is -0.909. The maximum Gasteiger partial charge on any atom is 0.311 e. The van der Waals surface area contributed by atoms with Gasteiger partial charge in [-0.15, -0.1) is 0 Å². The Hall–Kier alpha value is -2.41. The number of carbonyl (C=O) groups is 3. The van der Waals surface area contributed by atoms with Crippen molar-refractivity contribution >= 4 is 17.8 Å². The number of carbonyl (C=O) groups excluding carboxylic acids is 2. The molecule has 3 fully saturated rings. The Balaban J connectivity index is 1.46. The van der Waals surface area contributed by atoms with Crippen molar-refractivity contribution in [3.8, 4) is 0 Å². The van der Waals surface area contributed by atoms with Crippen LogP contribution in [0, 0.1) is 17.3 Å². The van der Waals surface area contributed by atoms with E-state index in [1.54, 1.807) is 9.80 Å². The molecule has 7 heteroatoms. The molecule has 2 amide bonds. The van der Waals surface area contributed by atoms with Gasteiger partial charge in [-0.1, -0.05) is 30.3 Å². The third-order valence-corrected chi connectivity index (χ3v) is 6.70. The summed E-state index contributed by atoms with van der Waals surface area (Å²) in [7, 11) is 0. The molecule has 3 saturated heterocycles. The molecule has 1 aromatic rings. The molecule has 1 N–H and O–H groups in total. The first-order valence-corrected chi connectivity index (χ1v) is 9.87. The highest BCUT2D eigenvalue weighted by Crippen LogP contribution is 2.43. The molecule has 150 valence electrons. The predicted octanol–water partition coefficient (Wildman–Crippen LogP) is 1.55. The number of nitrogens with zero attached hydrogens (tertiary/aromatic N) is 2. The second kappa shape index (κ2) is 7.20. The molecule has 0 spiro atoms. The van der Waals surface area contributed by atoms with E-state index in [0.29, 0.717) is 32.7 Å². The van der Waals surface area contributed by atoms with Gasteiger partial charge < -0.3 is 19.6 Å². The molecule has 0 bridgehead atoms. The summed E-state index contributed by atoms with van der Waals surface area (Å²) < 4.78 is 5.46. The topological polar surface area (TPSA) is 87.2 Å². The first-order chi connectivity index (χ1) is 13.4. The number of rotatable bonds is 4. The van der Waals surface area contributed by atoms with Crippen LogP contribution in [0.2, 0.25) is 0 Å². The lowest BCUT2D eigenvalue weighted by Gasteiger charge is -2.33. The lowest BCUT2D eigenvalue weighted by atomic mass is 9.74. The molecule has 3 heterocycles. The SMILES string of the molecule is CC(c1ccccc1)N1CC(C(=O)N2C[C@H]3COCC[C@@]3(C(=O)O)C2)CC1=O. The smallest absolute Gasteiger partial charge is 0.311 e. The van der Waals surface area contributed by atoms with Gasteiger partial charge in [0, 0.05) is 38.6 Å². The normalized spacial score (nSPS) is 31.0. The Morgan fingerprint density at radius 2 is 2.00 bits per heavy atom. The average Bonchev–Trinajstić information content (AvgIpc) is 3.29. The van der Waals surface area contributed by atoms with Crippen molar-refractivity contribution in [1.29, 1.82) is 0 Å². The quantitative estimate of drug-likeness (QED) is 0.848. The average molecular weight is 386 g/mol. The monoisotopic (exact) mass is 386 g/mol. The zero-order valence-corrected chi connectivity index (χ0v) is 16.0. The van der Waals surface area contributed by atoms with Crippen molar-refractivity contribution < 1.29 is 24.2 Å². The highest BCUT2D eigenvalue weighted by molar-refractivity contribution is 5.90. The minimum Gasteiger partial charge on any atom is -0.481 e. The summed E-state index contributed by atoms with van der Waals surface area (Å²) in [6.07, 6.45) is 0.616. The number of aliphatic carboxylic acids is 1. The van der Waals surface area contributed by atoms with Crippen LogP contribution in [0.25, 0.3) is 0 Å². The molecule has 4 atom stereocenters. The second-order valence-electron chi connectivity index (χ2n) is 8.24. The van der Waals surface area contributed by atoms with Gasteiger partial charge in [-0.05, 0) is 18.9 Å². The molecule has 7 nitrogen and oxygen atoms in total. The van der Waals surface area contributed by atoms with Gasteiger partial charge in [0.2, 0.25) is 11.8 Å². The summed E-state index contributed by atoms with van der Waals surface area (Å²) in [5.41, 5.74) is 0.131. The third kappa shape index (κ3) is 3.07. The summed E-state index contributed by atoms with van der Waals surface area (Å²) in [6.45, 7) is 3.75. The van der Waals surface area contributed by atoms with Gasteiger partial charge in [-0.2, -0.15) is 0 Å². The number of hydrogen-bond donors (Lipinski definition) is 1. The fraction of sp³-hybridized carbons (Fsp3) is 0.571. The molecule has 2 unspecified atom stereocenters. The molecule has 28 heavy (non-hydrogen) atoms. The summed E-state index contributed by atoms with van der Waals surface area (Å²) in [5.74, 6) is -1.57. The Labute approximate surface area is 164 Å². The number of likely N-dealkylation sites (tertiary alicyclic amines) is 2. The highest BCUT2D eigenvalue weighted by atomic mass is 16.5. The van der Waals surface area contributed by atoms with E-state index in [-0.39, 0.29) is 36.7 Å². The van der Waals surface area contributed by atoms with Crippen LogP contribution in [-0.2, 0) is 19.1 Å². The predicted molar refractivity (Wildman–Crippen MR) is 100 cm³/mol. The minimum absolute atomic E-state index is 0.0254. The van der Waals surface area contributed by atoms with E-state index in [1.807, 2.05) is 37.3 Å². The van der Waals surface area contributed by atoms with Gasteiger partial charge in [0.1, 0.15) is 0 Å². The molecular weight excluding hydrogens is 360 g/mol. The van der Waals surface area contributed by atoms with Crippen LogP contribution in [-0.4, -0.2) is 65.5 Å². The number of ether oxygens (including phenoxy) is 1. The standard InChI is InChI=1S/C21H26N2O5/c1-14(15-5-3-2-4-6-15)23-10-16(9-18(23)24)19(25)22-11-17-12-28-8-7-21(17,13-22)20(26)27/h2-6,14,16-17H,7-13H2,1H3,(H,26,27)/t14?,16?,17-,21+/m0/s1. The van der Waals surface area contributed by atoms with Crippen molar-refractivity contribution in [1.82, 2.24) is 9.80 Å². The lowest BCUT2D eigenvalue weighted by Crippen LogP contribution is -2.45. The van der Waals surface area contributed by atoms with E-state index in [2.05, 4.69) is 0 Å². The third-order valence-electron chi connectivity index (χ3n) is 6.70. The molecule has 0 radical (unpaired) electrons. The van der Waals surface area contributed by atoms with Crippen molar-refractivity contribution in [2.75, 3.05) is 32.8 Å². The van der Waals surface area contributed by atoms with Crippen LogP contribution >= 0.6 is 0 Å². The number of amides is 2. The van der Waals surface area contributed by atoms with Crippen LogP contribution in [0.5, 0.6) is 0 Å². The highest BCUT2D eigenvalue weighted by Gasteiger charge is 2.55. The number of fused-ring (bicyclic) bond motifs is 1. The molecule has 0 aromatic heterocycles. The maximum absolute atomic E-state index is 13.1. The Bertz CT molecular complexity index is 782. The fourth-order valence-corrected chi connectivity index (χ4v) is 4.91. The fourth-order valence-electron chi connectivity index (χ4n) is 4.91. The zero-order chi connectivity index (χ0) is 19.9. The first kappa shape index (κ1) is 18.9. The van der Waals surface area contributed by atoms with Gasteiger partial charge in [-0.3, -0.25) is 14.4 Å². The van der Waals surface area contributed by atoms with Crippen molar-refractivity contribution in [2.45, 2.75) is 25.8 Å². The molecule has 0 saturated carbocycles. The van der Waals surface area contributed by atoms with E-state index in [4.69, 9.17) is 4.74 Å². The second-order valence-corrected chi connectivity index (χ2v) is 8.24. The summed E-state index contributed by atoms with van der Waals surface area (Å²) in [5, 5.41) is 9.79. The van der Waals surface area contributed by atoms with Crippen LogP contribution < -0.4 is 0 Å². The van der Waals surface area contributed by atoms with Crippen LogP contribution in [0.3, 0.4) is 0 Å². The summed E-state index contributed by atoms with van der Waals surface area (Å²) in [6, 6.07) is 9.68.